The lowest BCUT2D eigenvalue weighted by Gasteiger charge is -2.25. The molecule has 12 heavy (non-hydrogen) atoms. The fourth-order valence-corrected chi connectivity index (χ4v) is 1.26. The van der Waals surface area contributed by atoms with Crippen LogP contribution in [0, 0.1) is 0 Å². The highest BCUT2D eigenvalue weighted by molar-refractivity contribution is 6.07. The molecule has 1 atom stereocenters. The van der Waals surface area contributed by atoms with Gasteiger partial charge in [0.2, 0.25) is 0 Å². The average molecular weight is 192 g/mol. The number of rotatable bonds is 7. The second-order valence-corrected chi connectivity index (χ2v) is 3.08. The van der Waals surface area contributed by atoms with Crippen LogP contribution in [0.25, 0.3) is 0 Å². The van der Waals surface area contributed by atoms with Crippen LogP contribution < -0.4 is 0 Å². The monoisotopic (exact) mass is 191 g/mol. The van der Waals surface area contributed by atoms with Gasteiger partial charge in [0, 0.05) is 6.04 Å². The number of nitrogens with zero attached hydrogens (tertiary/aromatic N) is 1. The molecule has 0 aromatic rings. The molecule has 0 N–H and O–H groups in total. The minimum atomic E-state index is 0.496. The van der Waals surface area contributed by atoms with Gasteiger partial charge in [0.25, 0.3) is 0 Å². The number of hydrogen-bond donors (Lipinski definition) is 0. The van der Waals surface area contributed by atoms with Crippen molar-refractivity contribution in [1.82, 2.24) is 4.90 Å². The first-order valence-electron chi connectivity index (χ1n) is 4.34. The van der Waals surface area contributed by atoms with E-state index in [0.29, 0.717) is 12.8 Å². The van der Waals surface area contributed by atoms with E-state index >= 15 is 0 Å². The zero-order valence-corrected chi connectivity index (χ0v) is 8.68. The van der Waals surface area contributed by atoms with Crippen molar-refractivity contribution in [2.45, 2.75) is 32.7 Å². The van der Waals surface area contributed by atoms with E-state index in [1.54, 1.807) is 0 Å². The second-order valence-electron chi connectivity index (χ2n) is 2.86. The predicted molar refractivity (Wildman–Crippen MR) is 53.1 cm³/mol. The summed E-state index contributed by atoms with van der Waals surface area (Å²) in [6.07, 6.45) is 4.09. The van der Waals surface area contributed by atoms with Gasteiger partial charge in [-0.3, -0.25) is 9.19 Å². The van der Waals surface area contributed by atoms with Crippen molar-refractivity contribution in [2.75, 3.05) is 13.3 Å². The summed E-state index contributed by atoms with van der Waals surface area (Å²) in [6.45, 7) is 9.41. The van der Waals surface area contributed by atoms with Crippen molar-refractivity contribution in [3.05, 3.63) is 12.7 Å². The summed E-state index contributed by atoms with van der Waals surface area (Å²) in [5.74, 6) is 0. The highest BCUT2D eigenvalue weighted by Gasteiger charge is 2.10. The molecule has 0 rings (SSSR count). The fraction of sp³-hybridized carbons (Fsp3) is 0.778. The Labute approximate surface area is 80.3 Å². The summed E-state index contributed by atoms with van der Waals surface area (Å²) < 4.78 is 4.57. The number of halogens is 1. The van der Waals surface area contributed by atoms with Crippen LogP contribution in [0.3, 0.4) is 0 Å². The standard InChI is InChI=1S/C9H18ClNO/c1-4-6-7-9(3)11(5-2)8-12-10/h4,9H,1,5-8H2,2-3H3. The van der Waals surface area contributed by atoms with E-state index in [1.807, 2.05) is 6.08 Å². The topological polar surface area (TPSA) is 12.5 Å². The minimum absolute atomic E-state index is 0.496. The number of hydrogen-bond acceptors (Lipinski definition) is 2. The van der Waals surface area contributed by atoms with Crippen molar-refractivity contribution < 1.29 is 4.29 Å². The Balaban J connectivity index is 3.67. The molecule has 3 heteroatoms. The van der Waals surface area contributed by atoms with E-state index < -0.39 is 0 Å². The van der Waals surface area contributed by atoms with Gasteiger partial charge < -0.3 is 0 Å². The van der Waals surface area contributed by atoms with Gasteiger partial charge in [-0.25, -0.2) is 0 Å². The third-order valence-corrected chi connectivity index (χ3v) is 2.13. The Kier molecular flexibility index (Phi) is 7.56. The highest BCUT2D eigenvalue weighted by Crippen LogP contribution is 2.06. The molecule has 1 unspecified atom stereocenters. The molecule has 0 aromatic heterocycles. The van der Waals surface area contributed by atoms with E-state index in [0.717, 1.165) is 19.4 Å². The molecule has 72 valence electrons. The highest BCUT2D eigenvalue weighted by atomic mass is 35.5. The van der Waals surface area contributed by atoms with Gasteiger partial charge in [-0.1, -0.05) is 13.0 Å². The fourth-order valence-electron chi connectivity index (χ4n) is 1.13. The molecule has 0 heterocycles. The van der Waals surface area contributed by atoms with Crippen LogP contribution in [-0.4, -0.2) is 24.2 Å². The van der Waals surface area contributed by atoms with E-state index in [2.05, 4.69) is 29.6 Å². The maximum absolute atomic E-state index is 5.19. The molecule has 0 saturated carbocycles. The third kappa shape index (κ3) is 4.75. The smallest absolute Gasteiger partial charge is 0.121 e. The molecule has 0 amide bonds. The van der Waals surface area contributed by atoms with Crippen LogP contribution in [0.15, 0.2) is 12.7 Å². The molecular formula is C9H18ClNO. The van der Waals surface area contributed by atoms with Gasteiger partial charge in [0.05, 0.1) is 11.9 Å². The minimum Gasteiger partial charge on any atom is -0.277 e. The molecular weight excluding hydrogens is 174 g/mol. The zero-order chi connectivity index (χ0) is 9.40. The van der Waals surface area contributed by atoms with Gasteiger partial charge in [-0.05, 0) is 26.3 Å². The van der Waals surface area contributed by atoms with E-state index in [4.69, 9.17) is 11.9 Å². The van der Waals surface area contributed by atoms with E-state index in [9.17, 15) is 0 Å². The molecule has 0 aliphatic carbocycles. The van der Waals surface area contributed by atoms with Crippen LogP contribution in [0.4, 0.5) is 0 Å². The Morgan fingerprint density at radius 2 is 2.33 bits per heavy atom. The normalized spacial score (nSPS) is 13.3. The van der Waals surface area contributed by atoms with Gasteiger partial charge in [0.1, 0.15) is 6.73 Å². The molecule has 0 fully saturated rings. The Morgan fingerprint density at radius 1 is 1.67 bits per heavy atom. The lowest BCUT2D eigenvalue weighted by atomic mass is 10.1. The molecule has 0 spiro atoms. The molecule has 0 saturated heterocycles. The Hall–Kier alpha value is -0.0500. The van der Waals surface area contributed by atoms with Crippen LogP contribution in [-0.2, 0) is 4.29 Å². The first kappa shape index (κ1) is 11.9. The summed E-state index contributed by atoms with van der Waals surface area (Å²) in [5.41, 5.74) is 0. The van der Waals surface area contributed by atoms with Gasteiger partial charge in [-0.2, -0.15) is 0 Å². The van der Waals surface area contributed by atoms with Crippen LogP contribution in [0.1, 0.15) is 26.7 Å². The third-order valence-electron chi connectivity index (χ3n) is 2.03. The molecule has 0 aliphatic heterocycles. The van der Waals surface area contributed by atoms with Crippen molar-refractivity contribution in [2.24, 2.45) is 0 Å². The quantitative estimate of drug-likeness (QED) is 0.453. The van der Waals surface area contributed by atoms with Crippen molar-refractivity contribution in [3.8, 4) is 0 Å². The Bertz CT molecular complexity index is 119. The number of allylic oxidation sites excluding steroid dienone is 1. The summed E-state index contributed by atoms with van der Waals surface area (Å²) in [4.78, 5) is 2.18. The van der Waals surface area contributed by atoms with Gasteiger partial charge in [0.15, 0.2) is 0 Å². The average Bonchev–Trinajstić information content (AvgIpc) is 2.10. The van der Waals surface area contributed by atoms with Crippen molar-refractivity contribution in [3.63, 3.8) is 0 Å². The van der Waals surface area contributed by atoms with Gasteiger partial charge >= 0.3 is 0 Å². The molecule has 0 radical (unpaired) electrons. The predicted octanol–water partition coefficient (Wildman–Crippen LogP) is 2.79. The molecule has 0 aromatic carbocycles. The van der Waals surface area contributed by atoms with Crippen molar-refractivity contribution >= 4 is 11.9 Å². The van der Waals surface area contributed by atoms with Crippen LogP contribution >= 0.6 is 11.9 Å². The van der Waals surface area contributed by atoms with Crippen molar-refractivity contribution in [1.29, 1.82) is 0 Å². The van der Waals surface area contributed by atoms with E-state index in [-0.39, 0.29) is 0 Å². The first-order valence-corrected chi connectivity index (χ1v) is 4.65. The lowest BCUT2D eigenvalue weighted by Crippen LogP contribution is -2.33. The maximum atomic E-state index is 5.19. The van der Waals surface area contributed by atoms with E-state index in [1.165, 1.54) is 0 Å². The maximum Gasteiger partial charge on any atom is 0.121 e. The molecule has 0 aliphatic rings. The zero-order valence-electron chi connectivity index (χ0n) is 7.92. The summed E-state index contributed by atoms with van der Waals surface area (Å²) >= 11 is 5.19. The Morgan fingerprint density at radius 3 is 2.75 bits per heavy atom. The summed E-state index contributed by atoms with van der Waals surface area (Å²) in [5, 5.41) is 0. The SMILES string of the molecule is C=CCCC(C)N(CC)COCl. The van der Waals surface area contributed by atoms with Crippen LogP contribution in [0.5, 0.6) is 0 Å². The summed E-state index contributed by atoms with van der Waals surface area (Å²) in [6, 6.07) is 0.506. The second kappa shape index (κ2) is 7.59. The molecule has 2 nitrogen and oxygen atoms in total. The lowest BCUT2D eigenvalue weighted by molar-refractivity contribution is 0.100. The van der Waals surface area contributed by atoms with Gasteiger partial charge in [-0.15, -0.1) is 6.58 Å². The summed E-state index contributed by atoms with van der Waals surface area (Å²) in [7, 11) is 0. The largest absolute Gasteiger partial charge is 0.277 e. The first-order chi connectivity index (χ1) is 5.76. The van der Waals surface area contributed by atoms with Crippen LogP contribution in [0.2, 0.25) is 0 Å². The molecule has 0 bridgehead atoms.